The Morgan fingerprint density at radius 1 is 1.44 bits per heavy atom. The Bertz CT molecular complexity index is 405. The van der Waals surface area contributed by atoms with Crippen molar-refractivity contribution in [1.82, 2.24) is 0 Å². The fraction of sp³-hybridized carbons (Fsp3) is 0.357. The highest BCUT2D eigenvalue weighted by atomic mass is 16.5. The second kappa shape index (κ2) is 5.50. The van der Waals surface area contributed by atoms with Crippen molar-refractivity contribution in [2.75, 3.05) is 7.11 Å². The van der Waals surface area contributed by atoms with Crippen molar-refractivity contribution in [3.63, 3.8) is 0 Å². The van der Waals surface area contributed by atoms with Gasteiger partial charge in [0.15, 0.2) is 5.78 Å². The molecule has 86 valence electrons. The van der Waals surface area contributed by atoms with Gasteiger partial charge in [0.25, 0.3) is 0 Å². The number of benzene rings is 1. The molecule has 0 N–H and O–H groups in total. The van der Waals surface area contributed by atoms with E-state index >= 15 is 0 Å². The van der Waals surface area contributed by atoms with E-state index in [9.17, 15) is 4.79 Å². The first-order valence-corrected chi connectivity index (χ1v) is 5.43. The van der Waals surface area contributed by atoms with Crippen molar-refractivity contribution >= 4 is 5.78 Å². The first-order chi connectivity index (χ1) is 7.58. The van der Waals surface area contributed by atoms with Crippen molar-refractivity contribution in [3.8, 4) is 5.75 Å². The summed E-state index contributed by atoms with van der Waals surface area (Å²) < 4.78 is 5.19. The van der Waals surface area contributed by atoms with Gasteiger partial charge in [0, 0.05) is 12.0 Å². The Morgan fingerprint density at radius 2 is 2.12 bits per heavy atom. The van der Waals surface area contributed by atoms with E-state index in [1.165, 1.54) is 0 Å². The van der Waals surface area contributed by atoms with Crippen LogP contribution in [0.4, 0.5) is 0 Å². The molecule has 2 heteroatoms. The van der Waals surface area contributed by atoms with Crippen LogP contribution in [0.5, 0.6) is 5.75 Å². The number of carbonyl (C=O) groups is 1. The van der Waals surface area contributed by atoms with Crippen LogP contribution in [0.3, 0.4) is 0 Å². The van der Waals surface area contributed by atoms with E-state index in [1.807, 2.05) is 26.0 Å². The number of rotatable bonds is 5. The van der Waals surface area contributed by atoms with Gasteiger partial charge in [-0.2, -0.15) is 0 Å². The van der Waals surface area contributed by atoms with Crippen LogP contribution < -0.4 is 4.74 Å². The highest BCUT2D eigenvalue weighted by Gasteiger charge is 2.09. The van der Waals surface area contributed by atoms with Gasteiger partial charge in [0.1, 0.15) is 5.75 Å². The molecule has 1 rings (SSSR count). The van der Waals surface area contributed by atoms with Gasteiger partial charge >= 0.3 is 0 Å². The van der Waals surface area contributed by atoms with Crippen LogP contribution in [0.2, 0.25) is 0 Å². The average molecular weight is 218 g/mol. The van der Waals surface area contributed by atoms with E-state index in [4.69, 9.17) is 4.74 Å². The number of hydrogen-bond donors (Lipinski definition) is 0. The van der Waals surface area contributed by atoms with Gasteiger partial charge in [-0.3, -0.25) is 4.79 Å². The lowest BCUT2D eigenvalue weighted by Gasteiger charge is -2.07. The molecule has 0 aromatic heterocycles. The summed E-state index contributed by atoms with van der Waals surface area (Å²) in [5, 5.41) is 0. The van der Waals surface area contributed by atoms with Gasteiger partial charge < -0.3 is 4.74 Å². The largest absolute Gasteiger partial charge is 0.496 e. The van der Waals surface area contributed by atoms with Gasteiger partial charge in [-0.1, -0.05) is 31.2 Å². The number of Topliss-reactive ketones (excluding diaryl/α,β-unsaturated/α-hetero) is 1. The first-order valence-electron chi connectivity index (χ1n) is 5.43. The summed E-state index contributed by atoms with van der Waals surface area (Å²) in [5.74, 6) is 0.859. The Balaban J connectivity index is 2.88. The lowest BCUT2D eigenvalue weighted by molar-refractivity contribution is 0.0992. The van der Waals surface area contributed by atoms with Gasteiger partial charge in [0.05, 0.1) is 7.11 Å². The monoisotopic (exact) mass is 218 g/mol. The van der Waals surface area contributed by atoms with Gasteiger partial charge in [-0.15, -0.1) is 0 Å². The van der Waals surface area contributed by atoms with E-state index in [-0.39, 0.29) is 5.78 Å². The summed E-state index contributed by atoms with van der Waals surface area (Å²) in [6.45, 7) is 7.81. The molecule has 0 unspecified atom stereocenters. The topological polar surface area (TPSA) is 26.3 Å². The quantitative estimate of drug-likeness (QED) is 0.558. The van der Waals surface area contributed by atoms with Crippen LogP contribution in [0, 0.1) is 6.92 Å². The Kier molecular flexibility index (Phi) is 4.29. The molecule has 0 bridgehead atoms. The van der Waals surface area contributed by atoms with E-state index in [0.29, 0.717) is 12.0 Å². The SMILES string of the molecule is C=C(CC)CC(=O)c1ccc(C)c(OC)c1. The maximum atomic E-state index is 11.9. The molecule has 0 amide bonds. The minimum absolute atomic E-state index is 0.102. The molecule has 0 spiro atoms. The molecule has 0 fully saturated rings. The highest BCUT2D eigenvalue weighted by molar-refractivity contribution is 5.97. The second-order valence-corrected chi connectivity index (χ2v) is 3.89. The zero-order valence-electron chi connectivity index (χ0n) is 10.2. The molecule has 0 radical (unpaired) electrons. The van der Waals surface area contributed by atoms with Crippen molar-refractivity contribution in [1.29, 1.82) is 0 Å². The van der Waals surface area contributed by atoms with Crippen LogP contribution in [-0.2, 0) is 0 Å². The third kappa shape index (κ3) is 2.96. The molecule has 1 aromatic rings. The van der Waals surface area contributed by atoms with Crippen LogP contribution >= 0.6 is 0 Å². The summed E-state index contributed by atoms with van der Waals surface area (Å²) in [6.07, 6.45) is 1.26. The lowest BCUT2D eigenvalue weighted by Crippen LogP contribution is -2.01. The summed E-state index contributed by atoms with van der Waals surface area (Å²) in [4.78, 5) is 11.9. The number of aryl methyl sites for hydroxylation is 1. The minimum Gasteiger partial charge on any atom is -0.496 e. The zero-order valence-corrected chi connectivity index (χ0v) is 10.2. The molecule has 0 saturated carbocycles. The number of carbonyl (C=O) groups excluding carboxylic acids is 1. The van der Waals surface area contributed by atoms with Gasteiger partial charge in [-0.25, -0.2) is 0 Å². The molecular weight excluding hydrogens is 200 g/mol. The Labute approximate surface area is 96.9 Å². The van der Waals surface area contributed by atoms with Gasteiger partial charge in [-0.05, 0) is 25.0 Å². The van der Waals surface area contributed by atoms with Crippen LogP contribution in [-0.4, -0.2) is 12.9 Å². The molecule has 0 aliphatic carbocycles. The van der Waals surface area contributed by atoms with E-state index in [2.05, 4.69) is 6.58 Å². The molecule has 0 heterocycles. The number of allylic oxidation sites excluding steroid dienone is 1. The van der Waals surface area contributed by atoms with E-state index in [0.717, 1.165) is 23.3 Å². The van der Waals surface area contributed by atoms with Crippen molar-refractivity contribution in [3.05, 3.63) is 41.5 Å². The summed E-state index contributed by atoms with van der Waals surface area (Å²) in [6, 6.07) is 5.53. The molecular formula is C14H18O2. The van der Waals surface area contributed by atoms with Crippen LogP contribution in [0.25, 0.3) is 0 Å². The Hall–Kier alpha value is -1.57. The zero-order chi connectivity index (χ0) is 12.1. The third-order valence-electron chi connectivity index (χ3n) is 2.64. The lowest BCUT2D eigenvalue weighted by atomic mass is 10.0. The van der Waals surface area contributed by atoms with Crippen molar-refractivity contribution in [2.45, 2.75) is 26.7 Å². The fourth-order valence-electron chi connectivity index (χ4n) is 1.45. The molecule has 1 aromatic carbocycles. The predicted molar refractivity (Wildman–Crippen MR) is 66.1 cm³/mol. The molecule has 0 aliphatic heterocycles. The van der Waals surface area contributed by atoms with E-state index < -0.39 is 0 Å². The summed E-state index contributed by atoms with van der Waals surface area (Å²) in [5.41, 5.74) is 2.69. The maximum Gasteiger partial charge on any atom is 0.167 e. The molecule has 0 atom stereocenters. The van der Waals surface area contributed by atoms with Crippen LogP contribution in [0.15, 0.2) is 30.4 Å². The number of methoxy groups -OCH3 is 1. The smallest absolute Gasteiger partial charge is 0.167 e. The van der Waals surface area contributed by atoms with Crippen LogP contribution in [0.1, 0.15) is 35.7 Å². The van der Waals surface area contributed by atoms with E-state index in [1.54, 1.807) is 13.2 Å². The summed E-state index contributed by atoms with van der Waals surface area (Å²) in [7, 11) is 1.61. The second-order valence-electron chi connectivity index (χ2n) is 3.89. The van der Waals surface area contributed by atoms with Gasteiger partial charge in [0.2, 0.25) is 0 Å². The Morgan fingerprint density at radius 3 is 2.69 bits per heavy atom. The number of ketones is 1. The standard InChI is InChI=1S/C14H18O2/c1-5-10(2)8-13(15)12-7-6-11(3)14(9-12)16-4/h6-7,9H,2,5,8H2,1,3-4H3. The molecule has 0 aliphatic rings. The number of hydrogen-bond acceptors (Lipinski definition) is 2. The predicted octanol–water partition coefficient (Wildman–Crippen LogP) is 3.54. The minimum atomic E-state index is 0.102. The highest BCUT2D eigenvalue weighted by Crippen LogP contribution is 2.20. The average Bonchev–Trinajstić information content (AvgIpc) is 2.29. The molecule has 0 saturated heterocycles. The van der Waals surface area contributed by atoms with Crippen molar-refractivity contribution < 1.29 is 9.53 Å². The molecule has 2 nitrogen and oxygen atoms in total. The maximum absolute atomic E-state index is 11.9. The molecule has 16 heavy (non-hydrogen) atoms. The normalized spacial score (nSPS) is 9.94. The number of ether oxygens (including phenoxy) is 1. The first kappa shape index (κ1) is 12.5. The van der Waals surface area contributed by atoms with Crippen molar-refractivity contribution in [2.24, 2.45) is 0 Å². The fourth-order valence-corrected chi connectivity index (χ4v) is 1.45. The summed E-state index contributed by atoms with van der Waals surface area (Å²) >= 11 is 0. The third-order valence-corrected chi connectivity index (χ3v) is 2.64.